The summed E-state index contributed by atoms with van der Waals surface area (Å²) in [6.07, 6.45) is 4.84. The van der Waals surface area contributed by atoms with Crippen molar-refractivity contribution in [3.8, 4) is 0 Å². The number of carbonyl (C=O) groups excluding carboxylic acids is 1. The molecule has 0 N–H and O–H groups in total. The van der Waals surface area contributed by atoms with E-state index < -0.39 is 0 Å². The van der Waals surface area contributed by atoms with Gasteiger partial charge in [0.15, 0.2) is 5.78 Å². The van der Waals surface area contributed by atoms with Crippen LogP contribution in [0.4, 0.5) is 0 Å². The molecule has 1 aliphatic rings. The number of ketones is 1. The average molecular weight is 200 g/mol. The highest BCUT2D eigenvalue weighted by atomic mass is 16.1. The highest BCUT2D eigenvalue weighted by molar-refractivity contribution is 6.00. The summed E-state index contributed by atoms with van der Waals surface area (Å²) < 4.78 is 0. The molecule has 1 atom stereocenters. The third-order valence-corrected chi connectivity index (χ3v) is 2.94. The maximum absolute atomic E-state index is 11.7. The second-order valence-corrected chi connectivity index (χ2v) is 4.35. The van der Waals surface area contributed by atoms with E-state index in [1.54, 1.807) is 0 Å². The van der Waals surface area contributed by atoms with E-state index in [-0.39, 0.29) is 0 Å². The first-order valence-electron chi connectivity index (χ1n) is 5.54. The van der Waals surface area contributed by atoms with Crippen LogP contribution in [0, 0.1) is 5.92 Å². The number of hydrogen-bond acceptors (Lipinski definition) is 1. The molecule has 0 heterocycles. The minimum Gasteiger partial charge on any atom is -0.295 e. The molecular weight excluding hydrogens is 184 g/mol. The summed E-state index contributed by atoms with van der Waals surface area (Å²) in [7, 11) is 0. The number of Topliss-reactive ketones (excluding diaryl/α,β-unsaturated/α-hetero) is 1. The Morgan fingerprint density at radius 2 is 2.00 bits per heavy atom. The molecule has 0 unspecified atom stereocenters. The first-order chi connectivity index (χ1) is 7.25. The molecule has 0 spiro atoms. The fourth-order valence-electron chi connectivity index (χ4n) is 1.99. The van der Waals surface area contributed by atoms with E-state index in [0.717, 1.165) is 30.4 Å². The van der Waals surface area contributed by atoms with Crippen LogP contribution in [0.5, 0.6) is 0 Å². The summed E-state index contributed by atoms with van der Waals surface area (Å²) in [5.74, 6) is 0.892. The number of allylic oxidation sites excluding steroid dienone is 1. The predicted molar refractivity (Wildman–Crippen MR) is 62.4 cm³/mol. The molecular formula is C14H16O. The lowest BCUT2D eigenvalue weighted by atomic mass is 9.85. The van der Waals surface area contributed by atoms with E-state index in [1.807, 2.05) is 36.4 Å². The van der Waals surface area contributed by atoms with Crippen LogP contribution in [0.1, 0.15) is 31.7 Å². The molecule has 15 heavy (non-hydrogen) atoms. The Labute approximate surface area is 90.8 Å². The van der Waals surface area contributed by atoms with Gasteiger partial charge in [-0.25, -0.2) is 0 Å². The van der Waals surface area contributed by atoms with Gasteiger partial charge >= 0.3 is 0 Å². The zero-order valence-corrected chi connectivity index (χ0v) is 9.07. The molecule has 0 aromatic heterocycles. The molecule has 1 fully saturated rings. The Balaban J connectivity index is 2.17. The third kappa shape index (κ3) is 2.56. The minimum absolute atomic E-state index is 0.331. The standard InChI is InChI=1S/C14H16O/c1-11-7-8-13(14(15)9-11)10-12-5-3-2-4-6-12/h2-6,10-11H,7-9H2,1H3/b13-10-/t11-/m1/s1. The Kier molecular flexibility index (Phi) is 3.00. The van der Waals surface area contributed by atoms with Gasteiger partial charge in [-0.15, -0.1) is 0 Å². The quantitative estimate of drug-likeness (QED) is 0.634. The van der Waals surface area contributed by atoms with Crippen molar-refractivity contribution in [3.63, 3.8) is 0 Å². The third-order valence-electron chi connectivity index (χ3n) is 2.94. The van der Waals surface area contributed by atoms with Crippen molar-refractivity contribution in [2.75, 3.05) is 0 Å². The molecule has 2 rings (SSSR count). The van der Waals surface area contributed by atoms with Crippen molar-refractivity contribution >= 4 is 11.9 Å². The smallest absolute Gasteiger partial charge is 0.159 e. The highest BCUT2D eigenvalue weighted by Crippen LogP contribution is 2.26. The van der Waals surface area contributed by atoms with Gasteiger partial charge in [-0.3, -0.25) is 4.79 Å². The molecule has 1 heteroatoms. The first kappa shape index (κ1) is 10.2. The van der Waals surface area contributed by atoms with E-state index in [2.05, 4.69) is 6.92 Å². The largest absolute Gasteiger partial charge is 0.295 e. The van der Waals surface area contributed by atoms with Crippen LogP contribution in [-0.2, 0) is 4.79 Å². The van der Waals surface area contributed by atoms with Gasteiger partial charge in [0.05, 0.1) is 0 Å². The Morgan fingerprint density at radius 3 is 2.67 bits per heavy atom. The Bertz CT molecular complexity index is 376. The molecule has 1 aromatic rings. The van der Waals surface area contributed by atoms with Crippen LogP contribution in [0.3, 0.4) is 0 Å². The number of carbonyl (C=O) groups is 1. The van der Waals surface area contributed by atoms with Gasteiger partial charge in [-0.05, 0) is 36.0 Å². The topological polar surface area (TPSA) is 17.1 Å². The van der Waals surface area contributed by atoms with Crippen molar-refractivity contribution in [2.45, 2.75) is 26.2 Å². The fourth-order valence-corrected chi connectivity index (χ4v) is 1.99. The van der Waals surface area contributed by atoms with E-state index in [4.69, 9.17) is 0 Å². The number of benzene rings is 1. The van der Waals surface area contributed by atoms with Gasteiger partial charge in [0.2, 0.25) is 0 Å². The molecule has 0 amide bonds. The summed E-state index contributed by atoms with van der Waals surface area (Å²) in [5.41, 5.74) is 2.13. The fraction of sp³-hybridized carbons (Fsp3) is 0.357. The van der Waals surface area contributed by atoms with Gasteiger partial charge in [-0.2, -0.15) is 0 Å². The van der Waals surface area contributed by atoms with Crippen LogP contribution < -0.4 is 0 Å². The second kappa shape index (κ2) is 4.43. The van der Waals surface area contributed by atoms with E-state index in [9.17, 15) is 4.79 Å². The zero-order chi connectivity index (χ0) is 10.7. The zero-order valence-electron chi connectivity index (χ0n) is 9.07. The summed E-state index contributed by atoms with van der Waals surface area (Å²) >= 11 is 0. The lowest BCUT2D eigenvalue weighted by Crippen LogP contribution is -2.15. The van der Waals surface area contributed by atoms with Gasteiger partial charge in [0.1, 0.15) is 0 Å². The summed E-state index contributed by atoms with van der Waals surface area (Å²) in [6, 6.07) is 10.1. The van der Waals surface area contributed by atoms with Gasteiger partial charge in [0.25, 0.3) is 0 Å². The van der Waals surface area contributed by atoms with Crippen molar-refractivity contribution in [3.05, 3.63) is 41.5 Å². The molecule has 1 aromatic carbocycles. The van der Waals surface area contributed by atoms with Gasteiger partial charge in [-0.1, -0.05) is 37.3 Å². The lowest BCUT2D eigenvalue weighted by molar-refractivity contribution is -0.117. The minimum atomic E-state index is 0.331. The van der Waals surface area contributed by atoms with Gasteiger partial charge < -0.3 is 0 Å². The van der Waals surface area contributed by atoms with Crippen molar-refractivity contribution in [2.24, 2.45) is 5.92 Å². The Morgan fingerprint density at radius 1 is 1.27 bits per heavy atom. The lowest BCUT2D eigenvalue weighted by Gasteiger charge is -2.18. The van der Waals surface area contributed by atoms with Crippen LogP contribution in [0.25, 0.3) is 6.08 Å². The SMILES string of the molecule is C[C@@H]1CC/C(=C/c2ccccc2)C(=O)C1. The molecule has 0 radical (unpaired) electrons. The summed E-state index contributed by atoms with van der Waals surface area (Å²) in [4.78, 5) is 11.7. The van der Waals surface area contributed by atoms with E-state index in [1.165, 1.54) is 0 Å². The molecule has 0 saturated heterocycles. The van der Waals surface area contributed by atoms with Crippen molar-refractivity contribution in [1.82, 2.24) is 0 Å². The molecule has 78 valence electrons. The molecule has 1 saturated carbocycles. The summed E-state index contributed by atoms with van der Waals surface area (Å²) in [5, 5.41) is 0. The maximum atomic E-state index is 11.7. The highest BCUT2D eigenvalue weighted by Gasteiger charge is 2.19. The van der Waals surface area contributed by atoms with Crippen molar-refractivity contribution in [1.29, 1.82) is 0 Å². The van der Waals surface area contributed by atoms with E-state index >= 15 is 0 Å². The van der Waals surface area contributed by atoms with Crippen molar-refractivity contribution < 1.29 is 4.79 Å². The maximum Gasteiger partial charge on any atom is 0.159 e. The normalized spacial score (nSPS) is 24.5. The van der Waals surface area contributed by atoms with Crippen LogP contribution in [0.15, 0.2) is 35.9 Å². The Hall–Kier alpha value is -1.37. The first-order valence-corrected chi connectivity index (χ1v) is 5.54. The van der Waals surface area contributed by atoms with Crippen LogP contribution in [0.2, 0.25) is 0 Å². The van der Waals surface area contributed by atoms with Gasteiger partial charge in [0, 0.05) is 6.42 Å². The number of rotatable bonds is 1. The number of hydrogen-bond donors (Lipinski definition) is 0. The monoisotopic (exact) mass is 200 g/mol. The van der Waals surface area contributed by atoms with Crippen LogP contribution in [-0.4, -0.2) is 5.78 Å². The molecule has 0 aliphatic heterocycles. The molecule has 0 bridgehead atoms. The average Bonchev–Trinajstić information content (AvgIpc) is 2.24. The molecule has 1 nitrogen and oxygen atoms in total. The summed E-state index contributed by atoms with van der Waals surface area (Å²) in [6.45, 7) is 2.15. The molecule has 1 aliphatic carbocycles. The predicted octanol–water partition coefficient (Wildman–Crippen LogP) is 3.46. The second-order valence-electron chi connectivity index (χ2n) is 4.35. The van der Waals surface area contributed by atoms with Crippen LogP contribution >= 0.6 is 0 Å². The van der Waals surface area contributed by atoms with E-state index in [0.29, 0.717) is 11.7 Å².